The van der Waals surface area contributed by atoms with E-state index in [4.69, 9.17) is 4.74 Å². The molecule has 6 heteroatoms. The van der Waals surface area contributed by atoms with Crippen molar-refractivity contribution in [1.29, 1.82) is 5.26 Å². The minimum absolute atomic E-state index is 0.0645. The Kier molecular flexibility index (Phi) is 7.20. The Balaban J connectivity index is 1.14. The molecule has 0 atom stereocenters. The van der Waals surface area contributed by atoms with Gasteiger partial charge in [0.1, 0.15) is 11.5 Å². The zero-order chi connectivity index (χ0) is 43.3. The molecule has 0 amide bonds. The molecule has 9 aromatic carbocycles. The average Bonchev–Trinajstić information content (AvgIpc) is 3.98. The molecule has 65 heavy (non-hydrogen) atoms. The summed E-state index contributed by atoms with van der Waals surface area (Å²) < 4.78 is 14.6. The number of ether oxygens (including phenoxy) is 1. The minimum atomic E-state index is -0.100. The van der Waals surface area contributed by atoms with Crippen molar-refractivity contribution in [1.82, 2.24) is 13.7 Å². The third kappa shape index (κ3) is 4.98. The number of aromatic nitrogens is 3. The summed E-state index contributed by atoms with van der Waals surface area (Å²) in [4.78, 5) is 0. The van der Waals surface area contributed by atoms with Gasteiger partial charge < -0.3 is 18.4 Å². The maximum atomic E-state index is 9.70. The largest absolute Gasteiger partial charge is 0.458 e. The van der Waals surface area contributed by atoms with Gasteiger partial charge in [-0.25, -0.2) is 0 Å². The predicted octanol–water partition coefficient (Wildman–Crippen LogP) is 12.7. The van der Waals surface area contributed by atoms with Crippen LogP contribution in [0, 0.1) is 11.3 Å². The fraction of sp³-hybridized carbons (Fsp3) is 0.0678. The fourth-order valence-corrected chi connectivity index (χ4v) is 11.3. The fourth-order valence-electron chi connectivity index (χ4n) is 11.3. The first kappa shape index (κ1) is 36.2. The van der Waals surface area contributed by atoms with Gasteiger partial charge in [-0.3, -0.25) is 0 Å². The van der Waals surface area contributed by atoms with Crippen LogP contribution in [-0.4, -0.2) is 20.4 Å². The van der Waals surface area contributed by atoms with E-state index in [0.29, 0.717) is 5.56 Å². The van der Waals surface area contributed by atoms with Gasteiger partial charge in [0, 0.05) is 54.9 Å². The van der Waals surface area contributed by atoms with E-state index >= 15 is 0 Å². The van der Waals surface area contributed by atoms with Crippen molar-refractivity contribution < 1.29 is 4.74 Å². The van der Waals surface area contributed by atoms with Crippen LogP contribution in [0.15, 0.2) is 182 Å². The van der Waals surface area contributed by atoms with Crippen molar-refractivity contribution in [3.05, 3.63) is 193 Å². The molecule has 0 unspecified atom stereocenters. The van der Waals surface area contributed by atoms with Crippen molar-refractivity contribution in [2.45, 2.75) is 26.2 Å². The summed E-state index contributed by atoms with van der Waals surface area (Å²) >= 11 is 0. The summed E-state index contributed by atoms with van der Waals surface area (Å²) in [6.07, 6.45) is 0. The summed E-state index contributed by atoms with van der Waals surface area (Å²) in [6.45, 7) is 6.69. The molecular weight excluding hydrogens is 791 g/mol. The first-order chi connectivity index (χ1) is 31.8. The highest BCUT2D eigenvalue weighted by atomic mass is 16.5. The lowest BCUT2D eigenvalue weighted by molar-refractivity contribution is 0.483. The molecule has 14 rings (SSSR count). The number of hydrogen-bond donors (Lipinski definition) is 0. The summed E-state index contributed by atoms with van der Waals surface area (Å²) in [5.41, 5.74) is 17.9. The van der Waals surface area contributed by atoms with E-state index in [2.05, 4.69) is 210 Å². The first-order valence-electron chi connectivity index (χ1n) is 22.4. The molecule has 12 aromatic rings. The average molecular weight is 831 g/mol. The molecule has 0 saturated carbocycles. The number of nitrogens with zero attached hydrogens (tertiary/aromatic N) is 4. The normalized spacial score (nSPS) is 12.9. The Bertz CT molecular complexity index is 3990. The van der Waals surface area contributed by atoms with Crippen LogP contribution in [0.5, 0.6) is 11.5 Å². The van der Waals surface area contributed by atoms with Crippen LogP contribution in [0.1, 0.15) is 31.9 Å². The molecule has 0 spiro atoms. The zero-order valence-electron chi connectivity index (χ0n) is 36.1. The van der Waals surface area contributed by atoms with Gasteiger partial charge in [-0.15, -0.1) is 0 Å². The zero-order valence-corrected chi connectivity index (χ0v) is 36.1. The number of para-hydroxylation sites is 4. The molecule has 2 aliphatic rings. The third-order valence-electron chi connectivity index (χ3n) is 14.3. The quantitative estimate of drug-likeness (QED) is 0.167. The van der Waals surface area contributed by atoms with Gasteiger partial charge in [-0.1, -0.05) is 118 Å². The molecule has 5 heterocycles. The standard InChI is InChI=1S/C59H39BN4O/c1-59(2,3)38-24-26-47-55(30-38)65-56-29-37(36-22-20-35(34-61)21-23-36)28-54-57(56)60(47)48-33-40(63-51-18-10-6-14-43(51)44-15-7-11-19-52(44)63)32-46-45-31-39(25-27-53(45)64(54)58(46)48)62-49-16-8-4-12-41(49)42-13-5-9-17-50(42)62/h4-33H,1-3H3. The van der Waals surface area contributed by atoms with E-state index in [1.165, 1.54) is 76.4 Å². The maximum Gasteiger partial charge on any atom is 0.256 e. The Hall–Kier alpha value is -8.27. The maximum absolute atomic E-state index is 9.70. The smallest absolute Gasteiger partial charge is 0.256 e. The Morgan fingerprint density at radius 1 is 0.462 bits per heavy atom. The number of benzene rings is 9. The number of nitriles is 1. The van der Waals surface area contributed by atoms with Crippen molar-refractivity contribution in [3.8, 4) is 45.8 Å². The Morgan fingerprint density at radius 3 is 1.63 bits per heavy atom. The second-order valence-electron chi connectivity index (χ2n) is 18.8. The Morgan fingerprint density at radius 2 is 1.03 bits per heavy atom. The van der Waals surface area contributed by atoms with Crippen molar-refractivity contribution in [2.24, 2.45) is 0 Å². The van der Waals surface area contributed by atoms with Crippen molar-refractivity contribution in [3.63, 3.8) is 0 Å². The van der Waals surface area contributed by atoms with Crippen LogP contribution in [0.4, 0.5) is 0 Å². The third-order valence-corrected chi connectivity index (χ3v) is 14.3. The number of hydrogen-bond acceptors (Lipinski definition) is 2. The molecule has 0 aliphatic carbocycles. The van der Waals surface area contributed by atoms with Gasteiger partial charge >= 0.3 is 0 Å². The van der Waals surface area contributed by atoms with Gasteiger partial charge in [0.15, 0.2) is 0 Å². The molecule has 0 saturated heterocycles. The van der Waals surface area contributed by atoms with Crippen molar-refractivity contribution >= 4 is 88.5 Å². The van der Waals surface area contributed by atoms with Gasteiger partial charge in [0.25, 0.3) is 6.71 Å². The molecule has 0 bridgehead atoms. The highest BCUT2D eigenvalue weighted by molar-refractivity contribution is 6.99. The SMILES string of the molecule is CC(C)(C)c1ccc2c(c1)Oc1cc(-c3ccc(C#N)cc3)cc3c1B2c1cc(-n2c4ccccc4c4ccccc42)cc2c4cc(-n5c6ccccc6c6ccccc65)ccc4n-3c12. The molecule has 0 N–H and O–H groups in total. The molecule has 0 radical (unpaired) electrons. The van der Waals surface area contributed by atoms with Crippen LogP contribution in [0.3, 0.4) is 0 Å². The molecular formula is C59H39BN4O. The van der Waals surface area contributed by atoms with Crippen LogP contribution in [0.25, 0.3) is 93.6 Å². The summed E-state index contributed by atoms with van der Waals surface area (Å²) in [5.74, 6) is 1.75. The van der Waals surface area contributed by atoms with E-state index in [-0.39, 0.29) is 12.1 Å². The summed E-state index contributed by atoms with van der Waals surface area (Å²) in [5, 5.41) is 17.0. The van der Waals surface area contributed by atoms with Gasteiger partial charge in [0.05, 0.1) is 39.2 Å². The van der Waals surface area contributed by atoms with Gasteiger partial charge in [-0.2, -0.15) is 5.26 Å². The highest BCUT2D eigenvalue weighted by Gasteiger charge is 2.42. The second kappa shape index (κ2) is 12.9. The first-order valence-corrected chi connectivity index (χ1v) is 22.4. The van der Waals surface area contributed by atoms with E-state index in [1.807, 2.05) is 12.1 Å². The molecule has 0 fully saturated rings. The van der Waals surface area contributed by atoms with Crippen molar-refractivity contribution in [2.75, 3.05) is 0 Å². The molecule has 304 valence electrons. The van der Waals surface area contributed by atoms with Crippen LogP contribution in [-0.2, 0) is 5.41 Å². The Labute approximate surface area is 375 Å². The topological polar surface area (TPSA) is 47.8 Å². The predicted molar refractivity (Wildman–Crippen MR) is 269 cm³/mol. The van der Waals surface area contributed by atoms with Gasteiger partial charge in [0.2, 0.25) is 0 Å². The number of rotatable bonds is 3. The van der Waals surface area contributed by atoms with E-state index in [9.17, 15) is 5.26 Å². The monoisotopic (exact) mass is 830 g/mol. The number of fused-ring (bicyclic) bond motifs is 13. The molecule has 3 aromatic heterocycles. The molecule has 5 nitrogen and oxygen atoms in total. The van der Waals surface area contributed by atoms with E-state index in [0.717, 1.165) is 50.7 Å². The lowest BCUT2D eigenvalue weighted by Crippen LogP contribution is -2.58. The van der Waals surface area contributed by atoms with E-state index < -0.39 is 0 Å². The van der Waals surface area contributed by atoms with Crippen LogP contribution in [0.2, 0.25) is 0 Å². The lowest BCUT2D eigenvalue weighted by atomic mass is 9.34. The molecule has 2 aliphatic heterocycles. The summed E-state index contributed by atoms with van der Waals surface area (Å²) in [6, 6.07) is 68.7. The van der Waals surface area contributed by atoms with E-state index in [1.54, 1.807) is 0 Å². The highest BCUT2D eigenvalue weighted by Crippen LogP contribution is 2.43. The second-order valence-corrected chi connectivity index (χ2v) is 18.8. The van der Waals surface area contributed by atoms with Crippen LogP contribution < -0.4 is 21.1 Å². The van der Waals surface area contributed by atoms with Gasteiger partial charge in [-0.05, 0) is 123 Å². The lowest BCUT2D eigenvalue weighted by Gasteiger charge is -2.35. The summed E-state index contributed by atoms with van der Waals surface area (Å²) in [7, 11) is 0. The van der Waals surface area contributed by atoms with Crippen LogP contribution >= 0.6 is 0 Å². The minimum Gasteiger partial charge on any atom is -0.458 e.